The average Bonchev–Trinajstić information content (AvgIpc) is 3.17. The van der Waals surface area contributed by atoms with Gasteiger partial charge in [-0.3, -0.25) is 24.3 Å². The molecule has 0 bridgehead atoms. The molecule has 0 aliphatic carbocycles. The Morgan fingerprint density at radius 1 is 1.28 bits per heavy atom. The van der Waals surface area contributed by atoms with Crippen molar-refractivity contribution in [1.29, 1.82) is 0 Å². The molecule has 1 atom stereocenters. The van der Waals surface area contributed by atoms with Gasteiger partial charge >= 0.3 is 0 Å². The molecule has 0 spiro atoms. The number of hydrogen-bond acceptors (Lipinski definition) is 7. The number of aromatic nitrogens is 2. The van der Waals surface area contributed by atoms with Crippen LogP contribution in [0.4, 0.5) is 5.82 Å². The van der Waals surface area contributed by atoms with Crippen LogP contribution in [0.1, 0.15) is 19.3 Å². The molecule has 9 nitrogen and oxygen atoms in total. The third-order valence-corrected chi connectivity index (χ3v) is 4.29. The molecule has 134 valence electrons. The van der Waals surface area contributed by atoms with Crippen LogP contribution in [0.3, 0.4) is 0 Å². The minimum absolute atomic E-state index is 0.180. The molecule has 25 heavy (non-hydrogen) atoms. The molecule has 0 saturated carbocycles. The van der Waals surface area contributed by atoms with Crippen molar-refractivity contribution in [3.05, 3.63) is 12.4 Å². The number of hydrogen-bond donors (Lipinski definition) is 0. The first-order valence-electron chi connectivity index (χ1n) is 8.21. The highest BCUT2D eigenvalue weighted by molar-refractivity contribution is 6.04. The lowest BCUT2D eigenvalue weighted by Crippen LogP contribution is -2.42. The molecule has 2 fully saturated rings. The first kappa shape index (κ1) is 17.1. The van der Waals surface area contributed by atoms with E-state index < -0.39 is 0 Å². The van der Waals surface area contributed by atoms with Crippen LogP contribution in [0, 0.1) is 0 Å². The Hall–Kier alpha value is -2.71. The van der Waals surface area contributed by atoms with Crippen molar-refractivity contribution in [3.63, 3.8) is 0 Å². The highest BCUT2D eigenvalue weighted by Gasteiger charge is 2.34. The maximum absolute atomic E-state index is 12.3. The quantitative estimate of drug-likeness (QED) is 0.673. The second-order valence-electron chi connectivity index (χ2n) is 6.35. The van der Waals surface area contributed by atoms with Crippen LogP contribution >= 0.6 is 0 Å². The molecular weight excluding hydrogens is 326 g/mol. The number of likely N-dealkylation sites (tertiary alicyclic amines) is 2. The van der Waals surface area contributed by atoms with Crippen LogP contribution < -0.4 is 9.64 Å². The van der Waals surface area contributed by atoms with Gasteiger partial charge in [-0.1, -0.05) is 0 Å². The number of rotatable bonds is 5. The molecule has 2 saturated heterocycles. The van der Waals surface area contributed by atoms with Crippen LogP contribution in [-0.4, -0.2) is 77.3 Å². The van der Waals surface area contributed by atoms with Crippen molar-refractivity contribution < 1.29 is 19.1 Å². The van der Waals surface area contributed by atoms with Gasteiger partial charge in [0.2, 0.25) is 23.6 Å². The fourth-order valence-corrected chi connectivity index (χ4v) is 2.87. The van der Waals surface area contributed by atoms with Gasteiger partial charge in [-0.05, 0) is 0 Å². The Morgan fingerprint density at radius 3 is 2.68 bits per heavy atom. The third kappa shape index (κ3) is 3.86. The van der Waals surface area contributed by atoms with E-state index in [0.29, 0.717) is 31.2 Å². The summed E-state index contributed by atoms with van der Waals surface area (Å²) in [5.74, 6) is 0.315. The lowest BCUT2D eigenvalue weighted by atomic mass is 10.3. The van der Waals surface area contributed by atoms with Gasteiger partial charge in [-0.2, -0.15) is 4.98 Å². The van der Waals surface area contributed by atoms with E-state index in [-0.39, 0.29) is 43.2 Å². The van der Waals surface area contributed by atoms with Gasteiger partial charge < -0.3 is 14.5 Å². The van der Waals surface area contributed by atoms with Crippen molar-refractivity contribution in [3.8, 4) is 5.88 Å². The summed E-state index contributed by atoms with van der Waals surface area (Å²) in [6, 6.07) is 0. The van der Waals surface area contributed by atoms with Crippen LogP contribution in [0.2, 0.25) is 0 Å². The number of imide groups is 1. The fourth-order valence-electron chi connectivity index (χ4n) is 2.87. The van der Waals surface area contributed by atoms with E-state index in [0.717, 1.165) is 4.90 Å². The van der Waals surface area contributed by atoms with Crippen LogP contribution in [-0.2, 0) is 14.4 Å². The molecule has 3 heterocycles. The van der Waals surface area contributed by atoms with E-state index in [9.17, 15) is 14.4 Å². The Kier molecular flexibility index (Phi) is 4.82. The average molecular weight is 347 g/mol. The smallest absolute Gasteiger partial charge is 0.242 e. The van der Waals surface area contributed by atoms with Crippen molar-refractivity contribution in [1.82, 2.24) is 19.8 Å². The number of carbonyl (C=O) groups excluding carboxylic acids is 3. The van der Waals surface area contributed by atoms with E-state index in [4.69, 9.17) is 4.74 Å². The number of anilines is 1. The minimum Gasteiger partial charge on any atom is -0.471 e. The highest BCUT2D eigenvalue weighted by Crippen LogP contribution is 2.19. The number of carbonyl (C=O) groups is 3. The summed E-state index contributed by atoms with van der Waals surface area (Å²) in [6.07, 6.45) is 4.06. The number of ether oxygens (including phenoxy) is 1. The summed E-state index contributed by atoms with van der Waals surface area (Å²) < 4.78 is 5.82. The second-order valence-corrected chi connectivity index (χ2v) is 6.35. The van der Waals surface area contributed by atoms with Gasteiger partial charge in [0.25, 0.3) is 0 Å². The first-order chi connectivity index (χ1) is 11.9. The number of amides is 3. The maximum atomic E-state index is 12.3. The molecule has 1 aromatic heterocycles. The largest absolute Gasteiger partial charge is 0.471 e. The molecule has 0 radical (unpaired) electrons. The fraction of sp³-hybridized carbons (Fsp3) is 0.562. The normalized spacial score (nSPS) is 20.3. The van der Waals surface area contributed by atoms with E-state index in [1.165, 1.54) is 0 Å². The zero-order chi connectivity index (χ0) is 18.0. The lowest BCUT2D eigenvalue weighted by molar-refractivity contribution is -0.145. The second kappa shape index (κ2) is 7.04. The van der Waals surface area contributed by atoms with Gasteiger partial charge in [0, 0.05) is 39.9 Å². The molecule has 3 amide bonds. The molecule has 3 rings (SSSR count). The van der Waals surface area contributed by atoms with Crippen molar-refractivity contribution in [2.24, 2.45) is 0 Å². The van der Waals surface area contributed by atoms with E-state index in [2.05, 4.69) is 9.97 Å². The van der Waals surface area contributed by atoms with Gasteiger partial charge in [0.05, 0.1) is 18.9 Å². The summed E-state index contributed by atoms with van der Waals surface area (Å²) in [5.41, 5.74) is 0. The predicted octanol–water partition coefficient (Wildman–Crippen LogP) is -0.329. The summed E-state index contributed by atoms with van der Waals surface area (Å²) in [7, 11) is 3.73. The van der Waals surface area contributed by atoms with Gasteiger partial charge in [-0.25, -0.2) is 0 Å². The molecule has 9 heteroatoms. The SMILES string of the molecule is CN(C)c1cncc(OC2CCN(C(=O)CN3C(=O)CCC3=O)C2)n1. The summed E-state index contributed by atoms with van der Waals surface area (Å²) in [4.78, 5) is 48.5. The Morgan fingerprint density at radius 2 is 2.00 bits per heavy atom. The molecular formula is C16H21N5O4. The lowest BCUT2D eigenvalue weighted by Gasteiger charge is -2.20. The molecule has 2 aliphatic heterocycles. The Bertz CT molecular complexity index is 677. The Balaban J connectivity index is 1.54. The molecule has 1 unspecified atom stereocenters. The highest BCUT2D eigenvalue weighted by atomic mass is 16.5. The summed E-state index contributed by atoms with van der Waals surface area (Å²) in [6.45, 7) is 0.754. The topological polar surface area (TPSA) is 95.9 Å². The van der Waals surface area contributed by atoms with Gasteiger partial charge in [0.15, 0.2) is 5.82 Å². The van der Waals surface area contributed by atoms with E-state index in [1.54, 1.807) is 17.3 Å². The van der Waals surface area contributed by atoms with Gasteiger partial charge in [-0.15, -0.1) is 0 Å². The zero-order valence-electron chi connectivity index (χ0n) is 14.3. The standard InChI is InChI=1S/C16H21N5O4/c1-19(2)12-7-17-8-13(18-12)25-11-5-6-20(9-11)16(24)10-21-14(22)3-4-15(21)23/h7-8,11H,3-6,9-10H2,1-2H3. The van der Waals surface area contributed by atoms with Crippen LogP contribution in [0.25, 0.3) is 0 Å². The third-order valence-electron chi connectivity index (χ3n) is 4.29. The van der Waals surface area contributed by atoms with Crippen molar-refractivity contribution in [2.75, 3.05) is 38.6 Å². The van der Waals surface area contributed by atoms with E-state index in [1.807, 2.05) is 19.0 Å². The van der Waals surface area contributed by atoms with E-state index >= 15 is 0 Å². The summed E-state index contributed by atoms with van der Waals surface area (Å²) >= 11 is 0. The molecule has 0 aromatic carbocycles. The van der Waals surface area contributed by atoms with Crippen molar-refractivity contribution in [2.45, 2.75) is 25.4 Å². The van der Waals surface area contributed by atoms with Crippen molar-refractivity contribution >= 4 is 23.5 Å². The monoisotopic (exact) mass is 347 g/mol. The zero-order valence-corrected chi connectivity index (χ0v) is 14.3. The number of nitrogens with zero attached hydrogens (tertiary/aromatic N) is 5. The molecule has 0 N–H and O–H groups in total. The van der Waals surface area contributed by atoms with Crippen LogP contribution in [0.15, 0.2) is 12.4 Å². The minimum atomic E-state index is -0.277. The molecule has 1 aromatic rings. The van der Waals surface area contributed by atoms with Crippen LogP contribution in [0.5, 0.6) is 5.88 Å². The predicted molar refractivity (Wildman–Crippen MR) is 87.9 cm³/mol. The Labute approximate surface area is 145 Å². The summed E-state index contributed by atoms with van der Waals surface area (Å²) in [5, 5.41) is 0. The van der Waals surface area contributed by atoms with Gasteiger partial charge in [0.1, 0.15) is 12.6 Å². The maximum Gasteiger partial charge on any atom is 0.242 e. The first-order valence-corrected chi connectivity index (χ1v) is 8.21. The molecule has 2 aliphatic rings.